The number of pyridine rings is 1. The minimum Gasteiger partial charge on any atom is -0.396 e. The Balaban J connectivity index is 2.98. The zero-order chi connectivity index (χ0) is 12.2. The average Bonchev–Trinajstić information content (AvgIpc) is 2.32. The van der Waals surface area contributed by atoms with Crippen molar-refractivity contribution < 1.29 is 5.11 Å². The van der Waals surface area contributed by atoms with Gasteiger partial charge in [0.2, 0.25) is 0 Å². The van der Waals surface area contributed by atoms with E-state index in [4.69, 9.17) is 5.73 Å². The van der Waals surface area contributed by atoms with Crippen LogP contribution in [0.4, 0.5) is 11.5 Å². The van der Waals surface area contributed by atoms with E-state index in [1.807, 2.05) is 26.8 Å². The minimum atomic E-state index is -0.324. The summed E-state index contributed by atoms with van der Waals surface area (Å²) in [6.07, 6.45) is 3.38. The van der Waals surface area contributed by atoms with Crippen molar-refractivity contribution in [3.63, 3.8) is 0 Å². The van der Waals surface area contributed by atoms with E-state index in [-0.39, 0.29) is 12.1 Å². The number of aliphatic hydroxyl groups excluding tert-OH is 1. The van der Waals surface area contributed by atoms with Crippen molar-refractivity contribution in [3.8, 4) is 0 Å². The second-order valence-corrected chi connectivity index (χ2v) is 4.16. The number of aryl methyl sites for hydroxylation is 1. The Morgan fingerprint density at radius 2 is 2.06 bits per heavy atom. The van der Waals surface area contributed by atoms with Gasteiger partial charge in [0, 0.05) is 6.20 Å². The normalized spacial score (nSPS) is 11.5. The molecule has 4 heteroatoms. The first-order chi connectivity index (χ1) is 7.58. The summed E-state index contributed by atoms with van der Waals surface area (Å²) in [4.78, 5) is 4.22. The molecule has 0 aromatic carbocycles. The summed E-state index contributed by atoms with van der Waals surface area (Å²) < 4.78 is 0. The number of aliphatic hydroxyl groups is 1. The Morgan fingerprint density at radius 3 is 2.56 bits per heavy atom. The maximum atomic E-state index is 9.47. The highest BCUT2D eigenvalue weighted by molar-refractivity contribution is 5.65. The van der Waals surface area contributed by atoms with Gasteiger partial charge in [-0.15, -0.1) is 0 Å². The minimum absolute atomic E-state index is 0.0784. The highest BCUT2D eigenvalue weighted by Gasteiger charge is 2.26. The first kappa shape index (κ1) is 12.8. The molecule has 4 N–H and O–H groups in total. The third kappa shape index (κ3) is 2.44. The van der Waals surface area contributed by atoms with Gasteiger partial charge in [0.25, 0.3) is 0 Å². The molecule has 0 atom stereocenters. The summed E-state index contributed by atoms with van der Waals surface area (Å²) in [5.74, 6) is 0.665. The molecule has 0 unspecified atom stereocenters. The molecule has 0 spiro atoms. The lowest BCUT2D eigenvalue weighted by Crippen LogP contribution is -2.41. The van der Waals surface area contributed by atoms with E-state index < -0.39 is 0 Å². The first-order valence-corrected chi connectivity index (χ1v) is 5.68. The monoisotopic (exact) mass is 223 g/mol. The van der Waals surface area contributed by atoms with Gasteiger partial charge in [0.1, 0.15) is 5.82 Å². The molecule has 1 aromatic rings. The van der Waals surface area contributed by atoms with Crippen LogP contribution in [-0.4, -0.2) is 22.2 Å². The SMILES string of the molecule is CCC(CC)(CO)Nc1nccc(C)c1N. The van der Waals surface area contributed by atoms with Crippen LogP contribution in [0, 0.1) is 6.92 Å². The summed E-state index contributed by atoms with van der Waals surface area (Å²) in [7, 11) is 0. The summed E-state index contributed by atoms with van der Waals surface area (Å²) in [6, 6.07) is 1.87. The summed E-state index contributed by atoms with van der Waals surface area (Å²) in [5, 5.41) is 12.7. The fourth-order valence-electron chi connectivity index (χ4n) is 1.61. The maximum Gasteiger partial charge on any atom is 0.149 e. The molecule has 1 rings (SSSR count). The molecule has 90 valence electrons. The molecule has 16 heavy (non-hydrogen) atoms. The number of nitrogen functional groups attached to an aromatic ring is 1. The molecular formula is C12H21N3O. The highest BCUT2D eigenvalue weighted by atomic mass is 16.3. The molecular weight excluding hydrogens is 202 g/mol. The van der Waals surface area contributed by atoms with Crippen molar-refractivity contribution in [2.45, 2.75) is 39.2 Å². The predicted octanol–water partition coefficient (Wildman–Crippen LogP) is 1.94. The van der Waals surface area contributed by atoms with Gasteiger partial charge in [0.05, 0.1) is 17.8 Å². The molecule has 1 aromatic heterocycles. The fraction of sp³-hybridized carbons (Fsp3) is 0.583. The second-order valence-electron chi connectivity index (χ2n) is 4.16. The van der Waals surface area contributed by atoms with Crippen LogP contribution in [0.3, 0.4) is 0 Å². The number of aromatic nitrogens is 1. The van der Waals surface area contributed by atoms with Gasteiger partial charge in [-0.1, -0.05) is 13.8 Å². The van der Waals surface area contributed by atoms with Gasteiger partial charge in [-0.25, -0.2) is 4.98 Å². The standard InChI is InChI=1S/C12H21N3O/c1-4-12(5-2,8-16)15-11-10(13)9(3)6-7-14-11/h6-7,16H,4-5,8,13H2,1-3H3,(H,14,15). The number of nitrogens with zero attached hydrogens (tertiary/aromatic N) is 1. The van der Waals surface area contributed by atoms with Crippen molar-refractivity contribution >= 4 is 11.5 Å². The van der Waals surface area contributed by atoms with Crippen molar-refractivity contribution in [2.24, 2.45) is 0 Å². The van der Waals surface area contributed by atoms with Crippen molar-refractivity contribution in [1.82, 2.24) is 4.98 Å². The number of hydrogen-bond donors (Lipinski definition) is 3. The van der Waals surface area contributed by atoms with Gasteiger partial charge >= 0.3 is 0 Å². The molecule has 0 aliphatic rings. The van der Waals surface area contributed by atoms with E-state index in [1.54, 1.807) is 6.20 Å². The number of rotatable bonds is 5. The van der Waals surface area contributed by atoms with Crippen LogP contribution >= 0.6 is 0 Å². The Morgan fingerprint density at radius 1 is 1.44 bits per heavy atom. The van der Waals surface area contributed by atoms with E-state index in [1.165, 1.54) is 0 Å². The molecule has 1 heterocycles. The maximum absolute atomic E-state index is 9.47. The molecule has 0 amide bonds. The van der Waals surface area contributed by atoms with Crippen LogP contribution in [0.15, 0.2) is 12.3 Å². The van der Waals surface area contributed by atoms with Crippen LogP contribution < -0.4 is 11.1 Å². The van der Waals surface area contributed by atoms with Crippen molar-refractivity contribution in [2.75, 3.05) is 17.7 Å². The number of anilines is 2. The summed E-state index contributed by atoms with van der Waals surface area (Å²) >= 11 is 0. The van der Waals surface area contributed by atoms with E-state index in [0.29, 0.717) is 11.5 Å². The first-order valence-electron chi connectivity index (χ1n) is 5.68. The summed E-state index contributed by atoms with van der Waals surface area (Å²) in [5.41, 5.74) is 7.27. The number of hydrogen-bond acceptors (Lipinski definition) is 4. The third-order valence-electron chi connectivity index (χ3n) is 3.25. The Kier molecular flexibility index (Phi) is 4.12. The summed E-state index contributed by atoms with van der Waals surface area (Å²) in [6.45, 7) is 6.10. The van der Waals surface area contributed by atoms with Crippen LogP contribution in [0.2, 0.25) is 0 Å². The van der Waals surface area contributed by atoms with Crippen LogP contribution in [0.5, 0.6) is 0 Å². The molecule has 0 radical (unpaired) electrons. The number of nitrogens with two attached hydrogens (primary N) is 1. The quantitative estimate of drug-likeness (QED) is 0.713. The van der Waals surface area contributed by atoms with Crippen molar-refractivity contribution in [3.05, 3.63) is 17.8 Å². The van der Waals surface area contributed by atoms with Crippen molar-refractivity contribution in [1.29, 1.82) is 0 Å². The lowest BCUT2D eigenvalue weighted by molar-refractivity contribution is 0.202. The topological polar surface area (TPSA) is 71.2 Å². The van der Waals surface area contributed by atoms with E-state index >= 15 is 0 Å². The molecule has 0 aliphatic carbocycles. The molecule has 0 saturated carbocycles. The van der Waals surface area contributed by atoms with Crippen LogP contribution in [0.25, 0.3) is 0 Å². The lowest BCUT2D eigenvalue weighted by atomic mass is 9.94. The lowest BCUT2D eigenvalue weighted by Gasteiger charge is -2.31. The Labute approximate surface area is 96.9 Å². The largest absolute Gasteiger partial charge is 0.396 e. The van der Waals surface area contributed by atoms with E-state index in [0.717, 1.165) is 18.4 Å². The predicted molar refractivity (Wildman–Crippen MR) is 67.4 cm³/mol. The van der Waals surface area contributed by atoms with Crippen LogP contribution in [0.1, 0.15) is 32.3 Å². The van der Waals surface area contributed by atoms with E-state index in [2.05, 4.69) is 10.3 Å². The number of nitrogens with one attached hydrogen (secondary N) is 1. The van der Waals surface area contributed by atoms with Gasteiger partial charge in [-0.3, -0.25) is 0 Å². The fourth-order valence-corrected chi connectivity index (χ4v) is 1.61. The molecule has 0 aliphatic heterocycles. The zero-order valence-electron chi connectivity index (χ0n) is 10.2. The van der Waals surface area contributed by atoms with Gasteiger partial charge in [-0.05, 0) is 31.4 Å². The Bertz CT molecular complexity index is 340. The van der Waals surface area contributed by atoms with Crippen LogP contribution in [-0.2, 0) is 0 Å². The molecule has 0 saturated heterocycles. The van der Waals surface area contributed by atoms with Gasteiger partial charge in [-0.2, -0.15) is 0 Å². The highest BCUT2D eigenvalue weighted by Crippen LogP contribution is 2.26. The molecule has 0 bridgehead atoms. The smallest absolute Gasteiger partial charge is 0.149 e. The zero-order valence-corrected chi connectivity index (χ0v) is 10.2. The molecule has 4 nitrogen and oxygen atoms in total. The Hall–Kier alpha value is -1.29. The average molecular weight is 223 g/mol. The third-order valence-corrected chi connectivity index (χ3v) is 3.25. The molecule has 0 fully saturated rings. The second kappa shape index (κ2) is 5.16. The van der Waals surface area contributed by atoms with Gasteiger partial charge in [0.15, 0.2) is 0 Å². The van der Waals surface area contributed by atoms with Gasteiger partial charge < -0.3 is 16.2 Å². The van der Waals surface area contributed by atoms with E-state index in [9.17, 15) is 5.11 Å².